The highest BCUT2D eigenvalue weighted by molar-refractivity contribution is 7.22. The first-order valence-electron chi connectivity index (χ1n) is 5.41. The Bertz CT molecular complexity index is 536. The van der Waals surface area contributed by atoms with Crippen LogP contribution in [-0.2, 0) is 0 Å². The van der Waals surface area contributed by atoms with Gasteiger partial charge in [-0.2, -0.15) is 13.2 Å². The van der Waals surface area contributed by atoms with Gasteiger partial charge in [0.2, 0.25) is 0 Å². The van der Waals surface area contributed by atoms with Crippen molar-refractivity contribution < 1.29 is 13.2 Å². The predicted molar refractivity (Wildman–Crippen MR) is 67.8 cm³/mol. The maximum absolute atomic E-state index is 11.9. The molecule has 0 bridgehead atoms. The number of alkyl halides is 3. The van der Waals surface area contributed by atoms with Gasteiger partial charge in [0.1, 0.15) is 0 Å². The number of halogens is 3. The van der Waals surface area contributed by atoms with E-state index < -0.39 is 12.6 Å². The number of nitrogens with two attached hydrogens (primary N) is 1. The third kappa shape index (κ3) is 3.49. The number of hydrogen-bond acceptors (Lipinski definition) is 4. The molecular formula is C11H12F3N3S. The topological polar surface area (TPSA) is 50.9 Å². The fourth-order valence-corrected chi connectivity index (χ4v) is 2.44. The molecule has 0 atom stereocenters. The molecule has 2 aromatic rings. The van der Waals surface area contributed by atoms with Crippen LogP contribution in [0.2, 0.25) is 0 Å². The van der Waals surface area contributed by atoms with Crippen LogP contribution in [0.1, 0.15) is 12.8 Å². The van der Waals surface area contributed by atoms with Gasteiger partial charge in [-0.1, -0.05) is 11.3 Å². The summed E-state index contributed by atoms with van der Waals surface area (Å²) in [4.78, 5) is 4.26. The molecule has 0 spiro atoms. The van der Waals surface area contributed by atoms with E-state index in [9.17, 15) is 13.2 Å². The van der Waals surface area contributed by atoms with E-state index in [1.54, 1.807) is 18.2 Å². The highest BCUT2D eigenvalue weighted by Gasteiger charge is 2.25. The Labute approximate surface area is 106 Å². The standard InChI is InChI=1S/C11H12F3N3S/c12-11(13,14)4-1-5-16-10-17-8-3-2-7(15)6-9(8)18-10/h2-3,6H,1,4-5,15H2,(H,16,17). The van der Waals surface area contributed by atoms with E-state index >= 15 is 0 Å². The summed E-state index contributed by atoms with van der Waals surface area (Å²) in [5.41, 5.74) is 7.08. The average Bonchev–Trinajstić information content (AvgIpc) is 2.65. The molecule has 3 nitrogen and oxygen atoms in total. The highest BCUT2D eigenvalue weighted by atomic mass is 32.1. The number of aromatic nitrogens is 1. The molecule has 0 aliphatic carbocycles. The van der Waals surface area contributed by atoms with Crippen LogP contribution in [0.25, 0.3) is 10.2 Å². The van der Waals surface area contributed by atoms with E-state index in [1.807, 2.05) is 0 Å². The van der Waals surface area contributed by atoms with Crippen LogP contribution in [-0.4, -0.2) is 17.7 Å². The highest BCUT2D eigenvalue weighted by Crippen LogP contribution is 2.27. The lowest BCUT2D eigenvalue weighted by Crippen LogP contribution is -2.10. The van der Waals surface area contributed by atoms with Crippen LogP contribution in [0.3, 0.4) is 0 Å². The monoisotopic (exact) mass is 275 g/mol. The lowest BCUT2D eigenvalue weighted by atomic mass is 10.3. The van der Waals surface area contributed by atoms with Gasteiger partial charge < -0.3 is 11.1 Å². The Hall–Kier alpha value is -1.50. The number of fused-ring (bicyclic) bond motifs is 1. The van der Waals surface area contributed by atoms with Crippen molar-refractivity contribution in [2.75, 3.05) is 17.6 Å². The molecule has 0 aliphatic rings. The lowest BCUT2D eigenvalue weighted by Gasteiger charge is -2.05. The lowest BCUT2D eigenvalue weighted by molar-refractivity contribution is -0.134. The van der Waals surface area contributed by atoms with E-state index in [0.717, 1.165) is 10.2 Å². The first-order valence-corrected chi connectivity index (χ1v) is 6.22. The second-order valence-corrected chi connectivity index (χ2v) is 4.92. The molecule has 0 aliphatic heterocycles. The van der Waals surface area contributed by atoms with Crippen LogP contribution in [0.4, 0.5) is 24.0 Å². The summed E-state index contributed by atoms with van der Waals surface area (Å²) in [6.45, 7) is 0.259. The van der Waals surface area contributed by atoms with Crippen molar-refractivity contribution in [3.05, 3.63) is 18.2 Å². The van der Waals surface area contributed by atoms with Crippen LogP contribution >= 0.6 is 11.3 Å². The van der Waals surface area contributed by atoms with Crippen molar-refractivity contribution in [3.63, 3.8) is 0 Å². The predicted octanol–water partition coefficient (Wildman–Crippen LogP) is 3.63. The zero-order chi connectivity index (χ0) is 13.2. The molecule has 1 heterocycles. The smallest absolute Gasteiger partial charge is 0.389 e. The van der Waals surface area contributed by atoms with Crippen molar-refractivity contribution in [3.8, 4) is 0 Å². The summed E-state index contributed by atoms with van der Waals surface area (Å²) in [5.74, 6) is 0. The first kappa shape index (κ1) is 12.9. The molecule has 1 aromatic carbocycles. The van der Waals surface area contributed by atoms with E-state index in [0.29, 0.717) is 10.8 Å². The summed E-state index contributed by atoms with van der Waals surface area (Å²) in [6, 6.07) is 5.34. The SMILES string of the molecule is Nc1ccc2nc(NCCCC(F)(F)F)sc2c1. The van der Waals surface area contributed by atoms with Gasteiger partial charge in [-0.3, -0.25) is 0 Å². The molecule has 2 rings (SSSR count). The van der Waals surface area contributed by atoms with Crippen LogP contribution in [0, 0.1) is 0 Å². The number of rotatable bonds is 4. The maximum atomic E-state index is 11.9. The molecule has 0 unspecified atom stereocenters. The average molecular weight is 275 g/mol. The molecule has 0 saturated carbocycles. The normalized spacial score (nSPS) is 11.9. The van der Waals surface area contributed by atoms with Gasteiger partial charge in [0.15, 0.2) is 5.13 Å². The zero-order valence-corrected chi connectivity index (χ0v) is 10.2. The molecule has 0 fully saturated rings. The van der Waals surface area contributed by atoms with Crippen molar-refractivity contribution >= 4 is 32.4 Å². The van der Waals surface area contributed by atoms with Gasteiger partial charge in [0.25, 0.3) is 0 Å². The maximum Gasteiger partial charge on any atom is 0.389 e. The van der Waals surface area contributed by atoms with Gasteiger partial charge in [-0.05, 0) is 24.6 Å². The van der Waals surface area contributed by atoms with E-state index in [4.69, 9.17) is 5.73 Å². The Morgan fingerprint density at radius 2 is 2.11 bits per heavy atom. The summed E-state index contributed by atoms with van der Waals surface area (Å²) < 4.78 is 36.7. The van der Waals surface area contributed by atoms with Gasteiger partial charge in [0.05, 0.1) is 10.2 Å². The quantitative estimate of drug-likeness (QED) is 0.661. The molecule has 0 radical (unpaired) electrons. The fraction of sp³-hybridized carbons (Fsp3) is 0.364. The number of nitrogens with zero attached hydrogens (tertiary/aromatic N) is 1. The van der Waals surface area contributed by atoms with Gasteiger partial charge in [-0.25, -0.2) is 4.98 Å². The van der Waals surface area contributed by atoms with Gasteiger partial charge in [0, 0.05) is 18.7 Å². The summed E-state index contributed by atoms with van der Waals surface area (Å²) in [5, 5.41) is 3.52. The minimum Gasteiger partial charge on any atom is -0.399 e. The third-order valence-corrected chi connectivity index (χ3v) is 3.30. The van der Waals surface area contributed by atoms with Crippen molar-refractivity contribution in [2.45, 2.75) is 19.0 Å². The van der Waals surface area contributed by atoms with E-state index in [-0.39, 0.29) is 13.0 Å². The first-order chi connectivity index (χ1) is 8.44. The minimum absolute atomic E-state index is 0.0432. The number of nitrogens with one attached hydrogen (secondary N) is 1. The van der Waals surface area contributed by atoms with E-state index in [1.165, 1.54) is 11.3 Å². The summed E-state index contributed by atoms with van der Waals surface area (Å²) >= 11 is 1.39. The number of benzene rings is 1. The number of nitrogen functional groups attached to an aromatic ring is 1. The molecule has 1 aromatic heterocycles. The molecule has 0 saturated heterocycles. The van der Waals surface area contributed by atoms with Crippen LogP contribution < -0.4 is 11.1 Å². The van der Waals surface area contributed by atoms with Crippen molar-refractivity contribution in [1.29, 1.82) is 0 Å². The largest absolute Gasteiger partial charge is 0.399 e. The fourth-order valence-electron chi connectivity index (χ4n) is 1.50. The molecular weight excluding hydrogens is 263 g/mol. The second-order valence-electron chi connectivity index (χ2n) is 3.89. The summed E-state index contributed by atoms with van der Waals surface area (Å²) in [7, 11) is 0. The van der Waals surface area contributed by atoms with Crippen molar-refractivity contribution in [2.24, 2.45) is 0 Å². The molecule has 18 heavy (non-hydrogen) atoms. The number of hydrogen-bond donors (Lipinski definition) is 2. The minimum atomic E-state index is -4.09. The summed E-state index contributed by atoms with van der Waals surface area (Å²) in [6.07, 6.45) is -4.83. The molecule has 98 valence electrons. The second kappa shape index (κ2) is 5.01. The number of anilines is 2. The van der Waals surface area contributed by atoms with Crippen LogP contribution in [0.15, 0.2) is 18.2 Å². The molecule has 3 N–H and O–H groups in total. The Kier molecular flexibility index (Phi) is 3.60. The van der Waals surface area contributed by atoms with Crippen LogP contribution in [0.5, 0.6) is 0 Å². The Morgan fingerprint density at radius 3 is 2.83 bits per heavy atom. The van der Waals surface area contributed by atoms with E-state index in [2.05, 4.69) is 10.3 Å². The zero-order valence-electron chi connectivity index (χ0n) is 9.42. The number of thiazole rings is 1. The molecule has 0 amide bonds. The Morgan fingerprint density at radius 1 is 1.33 bits per heavy atom. The Balaban J connectivity index is 1.92. The van der Waals surface area contributed by atoms with Gasteiger partial charge >= 0.3 is 6.18 Å². The molecule has 7 heteroatoms. The van der Waals surface area contributed by atoms with Crippen molar-refractivity contribution in [1.82, 2.24) is 4.98 Å². The third-order valence-electron chi connectivity index (χ3n) is 2.33. The van der Waals surface area contributed by atoms with Gasteiger partial charge in [-0.15, -0.1) is 0 Å².